The molecule has 0 saturated heterocycles. The molecule has 0 spiro atoms. The Morgan fingerprint density at radius 1 is 0.824 bits per heavy atom. The van der Waals surface area contributed by atoms with E-state index in [0.717, 1.165) is 33.9 Å². The number of benzene rings is 4. The summed E-state index contributed by atoms with van der Waals surface area (Å²) in [4.78, 5) is 4.53. The van der Waals surface area contributed by atoms with Crippen LogP contribution in [0.25, 0.3) is 44.6 Å². The molecule has 1 radical (unpaired) electrons. The summed E-state index contributed by atoms with van der Waals surface area (Å²) in [5, 5.41) is 2.49. The molecule has 0 N–H and O–H groups in total. The molecule has 3 nitrogen and oxygen atoms in total. The molecule has 0 fully saturated rings. The van der Waals surface area contributed by atoms with Crippen LogP contribution in [0.3, 0.4) is 0 Å². The van der Waals surface area contributed by atoms with Crippen LogP contribution in [0.1, 0.15) is 11.1 Å². The summed E-state index contributed by atoms with van der Waals surface area (Å²) in [6.45, 7) is 4.25. The van der Waals surface area contributed by atoms with Crippen LogP contribution in [0.5, 0.6) is 0 Å². The molecule has 6 rings (SSSR count). The molecule has 169 valence electrons. The van der Waals surface area contributed by atoms with Crippen LogP contribution in [-0.4, -0.2) is 14.1 Å². The average Bonchev–Trinajstić information content (AvgIpc) is 3.42. The van der Waals surface area contributed by atoms with E-state index in [4.69, 9.17) is 0 Å². The fourth-order valence-electron chi connectivity index (χ4n) is 4.87. The van der Waals surface area contributed by atoms with E-state index in [0.29, 0.717) is 0 Å². The standard InChI is InChI=1S/C29H21FN3.Ir/c1-19-17-23(33-26-9-5-3-7-24(26)25-8-4-6-10-27(25)33)18-20(2)28(19)32-16-15-31-29(32)21-11-13-22(30)14-12-21;/h3-11,13-18H,1-2H3;/q-1;. The van der Waals surface area contributed by atoms with Gasteiger partial charge in [-0.2, -0.15) is 0 Å². The molecule has 0 amide bonds. The summed E-state index contributed by atoms with van der Waals surface area (Å²) >= 11 is 0. The van der Waals surface area contributed by atoms with Crippen LogP contribution in [0.2, 0.25) is 0 Å². The van der Waals surface area contributed by atoms with Crippen molar-refractivity contribution in [2.45, 2.75) is 13.8 Å². The number of hydrogen-bond acceptors (Lipinski definition) is 1. The van der Waals surface area contributed by atoms with Gasteiger partial charge in [0.1, 0.15) is 0 Å². The van der Waals surface area contributed by atoms with Crippen molar-refractivity contribution in [1.29, 1.82) is 0 Å². The van der Waals surface area contributed by atoms with Gasteiger partial charge in [0.2, 0.25) is 0 Å². The first kappa shape index (κ1) is 22.3. The molecule has 0 saturated carbocycles. The monoisotopic (exact) mass is 623 g/mol. The molecular weight excluding hydrogens is 602 g/mol. The van der Waals surface area contributed by atoms with Crippen molar-refractivity contribution >= 4 is 21.8 Å². The maximum Gasteiger partial charge on any atom is 0.0602 e. The zero-order valence-corrected chi connectivity index (χ0v) is 21.1. The number of imidazole rings is 1. The molecule has 34 heavy (non-hydrogen) atoms. The third kappa shape index (κ3) is 3.49. The number of nitrogens with zero attached hydrogens (tertiary/aromatic N) is 3. The fourth-order valence-corrected chi connectivity index (χ4v) is 4.87. The number of para-hydroxylation sites is 2. The largest absolute Gasteiger partial charge is 0.340 e. The van der Waals surface area contributed by atoms with Crippen LogP contribution >= 0.6 is 0 Å². The van der Waals surface area contributed by atoms with Crippen LogP contribution in [-0.2, 0) is 20.1 Å². The quantitative estimate of drug-likeness (QED) is 0.192. The van der Waals surface area contributed by atoms with Gasteiger partial charge >= 0.3 is 0 Å². The van der Waals surface area contributed by atoms with Crippen LogP contribution < -0.4 is 0 Å². The molecule has 0 aliphatic rings. The number of rotatable bonds is 3. The zero-order chi connectivity index (χ0) is 22.5. The Hall–Kier alpha value is -3.53. The maximum atomic E-state index is 13.4. The van der Waals surface area contributed by atoms with Gasteiger partial charge < -0.3 is 9.13 Å². The van der Waals surface area contributed by atoms with Gasteiger partial charge in [-0.15, -0.1) is 29.8 Å². The SMILES string of the molecule is Cc1cc(-n2c3ccccc3c3ccccc32)cc(C)c1-n1ccnc1-c1[c-]cc(F)cc1.[Ir]. The summed E-state index contributed by atoms with van der Waals surface area (Å²) < 4.78 is 17.8. The summed E-state index contributed by atoms with van der Waals surface area (Å²) in [5.74, 6) is 0.436. The molecule has 5 heteroatoms. The summed E-state index contributed by atoms with van der Waals surface area (Å²) in [5.41, 5.74) is 7.60. The predicted octanol–water partition coefficient (Wildman–Crippen LogP) is 7.19. The van der Waals surface area contributed by atoms with E-state index in [-0.39, 0.29) is 25.9 Å². The minimum Gasteiger partial charge on any atom is -0.340 e. The van der Waals surface area contributed by atoms with Gasteiger partial charge in [0.15, 0.2) is 0 Å². The Morgan fingerprint density at radius 3 is 2.03 bits per heavy atom. The van der Waals surface area contributed by atoms with E-state index in [9.17, 15) is 4.39 Å². The number of aryl methyl sites for hydroxylation is 2. The summed E-state index contributed by atoms with van der Waals surface area (Å²) in [7, 11) is 0. The van der Waals surface area contributed by atoms with Crippen LogP contribution in [0, 0.1) is 25.7 Å². The third-order valence-electron chi connectivity index (χ3n) is 6.21. The van der Waals surface area contributed by atoms with Crippen molar-refractivity contribution in [2.24, 2.45) is 0 Å². The maximum absolute atomic E-state index is 13.4. The molecule has 0 aliphatic heterocycles. The summed E-state index contributed by atoms with van der Waals surface area (Å²) in [6, 6.07) is 29.0. The molecule has 0 unspecified atom stereocenters. The average molecular weight is 623 g/mol. The smallest absolute Gasteiger partial charge is 0.0602 e. The summed E-state index contributed by atoms with van der Waals surface area (Å²) in [6.07, 6.45) is 3.72. The van der Waals surface area contributed by atoms with E-state index < -0.39 is 0 Å². The van der Waals surface area contributed by atoms with Gasteiger partial charge in [0.05, 0.1) is 16.9 Å². The molecule has 2 aromatic heterocycles. The number of hydrogen-bond donors (Lipinski definition) is 0. The first-order valence-electron chi connectivity index (χ1n) is 10.9. The Labute approximate surface area is 210 Å². The van der Waals surface area contributed by atoms with Gasteiger partial charge in [0.25, 0.3) is 0 Å². The Kier molecular flexibility index (Phi) is 5.68. The first-order valence-corrected chi connectivity index (χ1v) is 10.9. The van der Waals surface area contributed by atoms with Crippen molar-refractivity contribution in [3.05, 3.63) is 114 Å². The molecule has 0 atom stereocenters. The van der Waals surface area contributed by atoms with E-state index in [1.165, 1.54) is 33.9 Å². The molecule has 0 bridgehead atoms. The fraction of sp³-hybridized carbons (Fsp3) is 0.0690. The zero-order valence-electron chi connectivity index (χ0n) is 18.7. The molecule has 2 heterocycles. The van der Waals surface area contributed by atoms with Crippen molar-refractivity contribution < 1.29 is 24.5 Å². The van der Waals surface area contributed by atoms with Crippen LogP contribution in [0.15, 0.2) is 91.3 Å². The molecule has 6 aromatic rings. The molecule has 4 aromatic carbocycles. The first-order chi connectivity index (χ1) is 16.1. The Bertz CT molecular complexity index is 1570. The second kappa shape index (κ2) is 8.68. The van der Waals surface area contributed by atoms with Crippen molar-refractivity contribution in [2.75, 3.05) is 0 Å². The van der Waals surface area contributed by atoms with E-state index in [2.05, 4.69) is 94.7 Å². The molecular formula is C29H21FIrN3-. The predicted molar refractivity (Wildman–Crippen MR) is 132 cm³/mol. The third-order valence-corrected chi connectivity index (χ3v) is 6.21. The molecule has 0 aliphatic carbocycles. The number of fused-ring (bicyclic) bond motifs is 3. The topological polar surface area (TPSA) is 22.8 Å². The van der Waals surface area contributed by atoms with E-state index in [1.54, 1.807) is 12.3 Å². The van der Waals surface area contributed by atoms with Gasteiger partial charge in [-0.05, 0) is 49.2 Å². The second-order valence-electron chi connectivity index (χ2n) is 8.34. The van der Waals surface area contributed by atoms with Gasteiger partial charge in [-0.1, -0.05) is 36.4 Å². The van der Waals surface area contributed by atoms with Crippen molar-refractivity contribution in [3.8, 4) is 22.8 Å². The van der Waals surface area contributed by atoms with Crippen LogP contribution in [0.4, 0.5) is 4.39 Å². The number of aromatic nitrogens is 3. The second-order valence-corrected chi connectivity index (χ2v) is 8.34. The minimum absolute atomic E-state index is 0. The van der Waals surface area contributed by atoms with Gasteiger partial charge in [-0.3, -0.25) is 9.37 Å². The Balaban J connectivity index is 0.00000241. The van der Waals surface area contributed by atoms with Gasteiger partial charge in [-0.25, -0.2) is 0 Å². The van der Waals surface area contributed by atoms with E-state index in [1.807, 2.05) is 6.20 Å². The Morgan fingerprint density at radius 2 is 1.44 bits per heavy atom. The minimum atomic E-state index is -0.306. The van der Waals surface area contributed by atoms with Crippen molar-refractivity contribution in [1.82, 2.24) is 14.1 Å². The van der Waals surface area contributed by atoms with E-state index >= 15 is 0 Å². The normalized spacial score (nSPS) is 11.1. The van der Waals surface area contributed by atoms with Gasteiger partial charge in [0, 0.05) is 60.5 Å². The number of halogens is 1. The van der Waals surface area contributed by atoms with Crippen molar-refractivity contribution in [3.63, 3.8) is 0 Å².